The Balaban J connectivity index is 0.00000109. The molecule has 0 fully saturated rings. The molecule has 4 aromatic rings. The molecule has 0 radical (unpaired) electrons. The van der Waals surface area contributed by atoms with Gasteiger partial charge in [-0.2, -0.15) is 4.98 Å². The first-order valence-corrected chi connectivity index (χ1v) is 9.27. The average molecular weight is 379 g/mol. The van der Waals surface area contributed by atoms with Crippen LogP contribution in [0.2, 0.25) is 0 Å². The Morgan fingerprint density at radius 3 is 2.68 bits per heavy atom. The second-order valence-corrected chi connectivity index (χ2v) is 6.63. The van der Waals surface area contributed by atoms with Crippen molar-refractivity contribution in [3.63, 3.8) is 0 Å². The SMILES string of the molecule is C/C=C\C(=N)c1nc2occn2c1-c1ccc2ncc(C(C)(C)O)n2c1.CC. The molecule has 0 atom stereocenters. The van der Waals surface area contributed by atoms with E-state index in [1.165, 1.54) is 0 Å². The lowest BCUT2D eigenvalue weighted by Crippen LogP contribution is -2.18. The summed E-state index contributed by atoms with van der Waals surface area (Å²) in [5, 5.41) is 18.7. The lowest BCUT2D eigenvalue weighted by atomic mass is 10.1. The van der Waals surface area contributed by atoms with Gasteiger partial charge in [0.05, 0.1) is 23.3 Å². The smallest absolute Gasteiger partial charge is 0.306 e. The molecule has 4 heterocycles. The van der Waals surface area contributed by atoms with Crippen molar-refractivity contribution in [2.24, 2.45) is 0 Å². The summed E-state index contributed by atoms with van der Waals surface area (Å²) < 4.78 is 9.09. The first kappa shape index (κ1) is 19.6. The second-order valence-electron chi connectivity index (χ2n) is 6.63. The number of nitrogens with zero attached hydrogens (tertiary/aromatic N) is 4. The molecule has 0 spiro atoms. The van der Waals surface area contributed by atoms with E-state index < -0.39 is 5.60 Å². The minimum Gasteiger partial charge on any atom is -0.432 e. The first-order valence-electron chi connectivity index (χ1n) is 9.27. The molecule has 4 rings (SSSR count). The molecule has 0 bridgehead atoms. The van der Waals surface area contributed by atoms with Crippen molar-refractivity contribution in [2.45, 2.75) is 40.2 Å². The second kappa shape index (κ2) is 7.44. The van der Waals surface area contributed by atoms with E-state index in [0.717, 1.165) is 16.9 Å². The third kappa shape index (κ3) is 3.25. The predicted molar refractivity (Wildman–Crippen MR) is 110 cm³/mol. The van der Waals surface area contributed by atoms with E-state index in [9.17, 15) is 5.11 Å². The molecular formula is C21H25N5O2. The minimum atomic E-state index is -1.03. The number of hydrogen-bond donors (Lipinski definition) is 2. The molecule has 0 aliphatic heterocycles. The van der Waals surface area contributed by atoms with Gasteiger partial charge in [-0.25, -0.2) is 4.98 Å². The number of hydrogen-bond acceptors (Lipinski definition) is 5. The Labute approximate surface area is 163 Å². The zero-order valence-electron chi connectivity index (χ0n) is 16.8. The van der Waals surface area contributed by atoms with Crippen LogP contribution in [-0.4, -0.2) is 29.6 Å². The van der Waals surface area contributed by atoms with E-state index in [1.54, 1.807) is 44.7 Å². The Hall–Kier alpha value is -3.19. The largest absolute Gasteiger partial charge is 0.432 e. The molecule has 2 N–H and O–H groups in total. The lowest BCUT2D eigenvalue weighted by Gasteiger charge is -2.17. The number of fused-ring (bicyclic) bond motifs is 2. The first-order chi connectivity index (χ1) is 13.4. The van der Waals surface area contributed by atoms with Gasteiger partial charge in [-0.05, 0) is 39.0 Å². The minimum absolute atomic E-state index is 0.301. The number of pyridine rings is 1. The Kier molecular flexibility index (Phi) is 5.20. The highest BCUT2D eigenvalue weighted by Gasteiger charge is 2.23. The number of rotatable bonds is 4. The molecule has 4 aromatic heterocycles. The maximum Gasteiger partial charge on any atom is 0.306 e. The summed E-state index contributed by atoms with van der Waals surface area (Å²) in [5.41, 5.74) is 2.84. The highest BCUT2D eigenvalue weighted by atomic mass is 16.3. The van der Waals surface area contributed by atoms with Crippen LogP contribution in [-0.2, 0) is 5.60 Å². The number of nitrogens with one attached hydrogen (secondary N) is 1. The van der Waals surface area contributed by atoms with Crippen LogP contribution in [0.3, 0.4) is 0 Å². The predicted octanol–water partition coefficient (Wildman–Crippen LogP) is 4.44. The molecule has 146 valence electrons. The number of oxazole rings is 1. The van der Waals surface area contributed by atoms with Crippen molar-refractivity contribution in [3.05, 3.63) is 60.5 Å². The average Bonchev–Trinajstić information content (AvgIpc) is 3.36. The van der Waals surface area contributed by atoms with Crippen LogP contribution in [0, 0.1) is 5.41 Å². The van der Waals surface area contributed by atoms with Crippen molar-refractivity contribution in [1.82, 2.24) is 18.8 Å². The monoisotopic (exact) mass is 379 g/mol. The molecule has 0 aliphatic rings. The summed E-state index contributed by atoms with van der Waals surface area (Å²) in [6, 6.07) is 3.81. The molecule has 0 unspecified atom stereocenters. The van der Waals surface area contributed by atoms with E-state index in [-0.39, 0.29) is 0 Å². The molecule has 0 saturated heterocycles. The highest BCUT2D eigenvalue weighted by Crippen LogP contribution is 2.29. The van der Waals surface area contributed by atoms with Crippen molar-refractivity contribution < 1.29 is 9.52 Å². The Bertz CT molecular complexity index is 1150. The van der Waals surface area contributed by atoms with Crippen LogP contribution < -0.4 is 0 Å². The third-order valence-electron chi connectivity index (χ3n) is 4.26. The quantitative estimate of drug-likeness (QED) is 0.513. The molecular weight excluding hydrogens is 354 g/mol. The van der Waals surface area contributed by atoms with Crippen LogP contribution in [0.1, 0.15) is 46.0 Å². The molecule has 28 heavy (non-hydrogen) atoms. The maximum absolute atomic E-state index is 10.4. The van der Waals surface area contributed by atoms with Crippen LogP contribution in [0.4, 0.5) is 0 Å². The molecule has 7 nitrogen and oxygen atoms in total. The van der Waals surface area contributed by atoms with E-state index in [4.69, 9.17) is 9.83 Å². The van der Waals surface area contributed by atoms with Gasteiger partial charge in [-0.1, -0.05) is 19.9 Å². The fourth-order valence-electron chi connectivity index (χ4n) is 3.07. The normalized spacial score (nSPS) is 11.9. The zero-order valence-corrected chi connectivity index (χ0v) is 16.8. The Morgan fingerprint density at radius 1 is 1.25 bits per heavy atom. The fourth-order valence-corrected chi connectivity index (χ4v) is 3.07. The topological polar surface area (TPSA) is 91.8 Å². The molecule has 7 heteroatoms. The number of allylic oxidation sites excluding steroid dienone is 2. The third-order valence-corrected chi connectivity index (χ3v) is 4.26. The van der Waals surface area contributed by atoms with Crippen LogP contribution in [0.25, 0.3) is 22.7 Å². The summed E-state index contributed by atoms with van der Waals surface area (Å²) in [4.78, 5) is 8.81. The van der Waals surface area contributed by atoms with Gasteiger partial charge in [0.15, 0.2) is 0 Å². The van der Waals surface area contributed by atoms with Gasteiger partial charge in [0.2, 0.25) is 0 Å². The van der Waals surface area contributed by atoms with Crippen LogP contribution in [0.5, 0.6) is 0 Å². The molecule has 0 amide bonds. The van der Waals surface area contributed by atoms with E-state index in [1.807, 2.05) is 47.9 Å². The summed E-state index contributed by atoms with van der Waals surface area (Å²) >= 11 is 0. The van der Waals surface area contributed by atoms with Gasteiger partial charge in [0.25, 0.3) is 0 Å². The molecule has 0 aliphatic carbocycles. The fraction of sp³-hybridized carbons (Fsp3) is 0.286. The van der Waals surface area contributed by atoms with Gasteiger partial charge >= 0.3 is 5.84 Å². The zero-order chi connectivity index (χ0) is 20.5. The lowest BCUT2D eigenvalue weighted by molar-refractivity contribution is 0.0730. The summed E-state index contributed by atoms with van der Waals surface area (Å²) in [7, 11) is 0. The van der Waals surface area contributed by atoms with Crippen LogP contribution >= 0.6 is 0 Å². The van der Waals surface area contributed by atoms with Gasteiger partial charge in [0.1, 0.15) is 23.2 Å². The number of aliphatic hydroxyl groups is 1. The van der Waals surface area contributed by atoms with Gasteiger partial charge < -0.3 is 13.9 Å². The Morgan fingerprint density at radius 2 is 2.00 bits per heavy atom. The van der Waals surface area contributed by atoms with E-state index in [2.05, 4.69) is 9.97 Å². The summed E-state index contributed by atoms with van der Waals surface area (Å²) in [5.74, 6) is 0.428. The van der Waals surface area contributed by atoms with E-state index >= 15 is 0 Å². The molecule has 0 saturated carbocycles. The van der Waals surface area contributed by atoms with Crippen LogP contribution in [0.15, 0.2) is 53.6 Å². The van der Waals surface area contributed by atoms with Crippen molar-refractivity contribution in [3.8, 4) is 11.3 Å². The van der Waals surface area contributed by atoms with Gasteiger partial charge in [0, 0.05) is 18.0 Å². The highest BCUT2D eigenvalue weighted by molar-refractivity contribution is 6.09. The van der Waals surface area contributed by atoms with Crippen molar-refractivity contribution in [1.29, 1.82) is 5.41 Å². The van der Waals surface area contributed by atoms with Crippen molar-refractivity contribution >= 4 is 17.2 Å². The molecule has 0 aromatic carbocycles. The number of aromatic nitrogens is 4. The maximum atomic E-state index is 10.4. The number of imidazole rings is 2. The van der Waals surface area contributed by atoms with Gasteiger partial charge in [-0.3, -0.25) is 9.81 Å². The summed E-state index contributed by atoms with van der Waals surface area (Å²) in [6.07, 6.45) is 10.4. The van der Waals surface area contributed by atoms with Crippen molar-refractivity contribution in [2.75, 3.05) is 0 Å². The standard InChI is InChI=1S/C19H19N5O2.C2H6/c1-4-5-13(20)16-17(23-8-9-26-18(23)22-16)12-6-7-15-21-10-14(19(2,3)25)24(15)11-12;1-2/h4-11,20,25H,1-3H3;1-2H3/b5-4-,20-13?;. The summed E-state index contributed by atoms with van der Waals surface area (Å²) in [6.45, 7) is 9.31. The van der Waals surface area contributed by atoms with E-state index in [0.29, 0.717) is 22.9 Å². The van der Waals surface area contributed by atoms with Gasteiger partial charge in [-0.15, -0.1) is 0 Å².